The summed E-state index contributed by atoms with van der Waals surface area (Å²) in [7, 11) is 0. The Labute approximate surface area is 292 Å². The highest BCUT2D eigenvalue weighted by atomic mass is 16.4. The minimum Gasteiger partial charge on any atom is -0.481 e. The van der Waals surface area contributed by atoms with Crippen LogP contribution < -0.4 is 49.3 Å². The number of nitrogen functional groups attached to an aromatic ring is 1. The summed E-state index contributed by atoms with van der Waals surface area (Å²) in [6.07, 6.45) is -0.272. The molecule has 0 saturated carbocycles. The number of aliphatic carboxylic acids is 3. The van der Waals surface area contributed by atoms with E-state index in [0.717, 1.165) is 0 Å². The van der Waals surface area contributed by atoms with Gasteiger partial charge in [0.2, 0.25) is 23.7 Å². The summed E-state index contributed by atoms with van der Waals surface area (Å²) in [5, 5.41) is 39.5. The number of carbonyl (C=O) groups is 7. The van der Waals surface area contributed by atoms with Crippen molar-refractivity contribution in [1.29, 1.82) is 0 Å². The van der Waals surface area contributed by atoms with Gasteiger partial charge in [-0.15, -0.1) is 0 Å². The van der Waals surface area contributed by atoms with Gasteiger partial charge in [-0.3, -0.25) is 33.8 Å². The van der Waals surface area contributed by atoms with E-state index in [1.54, 1.807) is 12.1 Å². The summed E-state index contributed by atoms with van der Waals surface area (Å²) < 4.78 is 0. The molecule has 0 fully saturated rings. The number of carboxylic acid groups (broad SMARTS) is 3. The summed E-state index contributed by atoms with van der Waals surface area (Å²) >= 11 is 0. The van der Waals surface area contributed by atoms with Crippen LogP contribution in [-0.2, 0) is 35.3 Å². The highest BCUT2D eigenvalue weighted by Gasteiger charge is 2.29. The smallest absolute Gasteiger partial charge is 0.327 e. The summed E-state index contributed by atoms with van der Waals surface area (Å²) in [6, 6.07) is -0.300. The van der Waals surface area contributed by atoms with Gasteiger partial charge < -0.3 is 59.1 Å². The summed E-state index contributed by atoms with van der Waals surface area (Å²) in [5.74, 6) is -8.18. The molecule has 0 saturated heterocycles. The molecule has 0 aliphatic rings. The molecule has 3 aromatic rings. The van der Waals surface area contributed by atoms with Gasteiger partial charge in [0.25, 0.3) is 11.5 Å². The fourth-order valence-electron chi connectivity index (χ4n) is 4.32. The lowest BCUT2D eigenvalue weighted by molar-refractivity contribution is -0.143. The molecule has 52 heavy (non-hydrogen) atoms. The van der Waals surface area contributed by atoms with Crippen LogP contribution in [0.2, 0.25) is 0 Å². The third kappa shape index (κ3) is 11.7. The zero-order valence-electron chi connectivity index (χ0n) is 27.1. The van der Waals surface area contributed by atoms with Crippen LogP contribution in [0, 0.1) is 0 Å². The highest BCUT2D eigenvalue weighted by molar-refractivity contribution is 5.97. The van der Waals surface area contributed by atoms with Gasteiger partial charge in [-0.25, -0.2) is 19.6 Å². The fraction of sp³-hybridized carbons (Fsp3) is 0.345. The topological polar surface area (TPSA) is 390 Å². The van der Waals surface area contributed by atoms with Gasteiger partial charge in [-0.1, -0.05) is 0 Å². The first-order valence-corrected chi connectivity index (χ1v) is 15.2. The van der Waals surface area contributed by atoms with Gasteiger partial charge in [-0.2, -0.15) is 4.98 Å². The molecule has 15 N–H and O–H groups in total. The Balaban J connectivity index is 1.47. The lowest BCUT2D eigenvalue weighted by atomic mass is 10.1. The Morgan fingerprint density at radius 3 is 2.13 bits per heavy atom. The van der Waals surface area contributed by atoms with Crippen LogP contribution in [-0.4, -0.2) is 114 Å². The Kier molecular flexibility index (Phi) is 14.0. The molecule has 0 aliphatic heterocycles. The van der Waals surface area contributed by atoms with Crippen molar-refractivity contribution in [2.24, 2.45) is 11.5 Å². The molecule has 3 rings (SSSR count). The van der Waals surface area contributed by atoms with E-state index in [1.807, 2.05) is 5.32 Å². The van der Waals surface area contributed by atoms with Gasteiger partial charge in [-0.05, 0) is 30.7 Å². The van der Waals surface area contributed by atoms with Crippen molar-refractivity contribution in [3.8, 4) is 0 Å². The molecular formula is C29H36N12O11. The normalized spacial score (nSPS) is 13.1. The van der Waals surface area contributed by atoms with E-state index in [2.05, 4.69) is 41.2 Å². The molecule has 278 valence electrons. The predicted octanol–water partition coefficient (Wildman–Crippen LogP) is -4.20. The van der Waals surface area contributed by atoms with Crippen LogP contribution in [0.5, 0.6) is 0 Å². The van der Waals surface area contributed by atoms with Gasteiger partial charge in [0.1, 0.15) is 24.2 Å². The molecule has 0 unspecified atom stereocenters. The number of anilines is 2. The third-order valence-electron chi connectivity index (χ3n) is 7.09. The molecule has 4 atom stereocenters. The van der Waals surface area contributed by atoms with Crippen molar-refractivity contribution in [3.63, 3.8) is 0 Å². The number of aromatic nitrogens is 4. The first-order valence-electron chi connectivity index (χ1n) is 15.2. The maximum Gasteiger partial charge on any atom is 0.327 e. The molecule has 2 heterocycles. The summed E-state index contributed by atoms with van der Waals surface area (Å²) in [5.41, 5.74) is 17.1. The Morgan fingerprint density at radius 1 is 0.865 bits per heavy atom. The van der Waals surface area contributed by atoms with E-state index in [0.29, 0.717) is 11.4 Å². The van der Waals surface area contributed by atoms with Crippen molar-refractivity contribution in [2.75, 3.05) is 24.1 Å². The number of aromatic amines is 1. The number of benzene rings is 1. The predicted molar refractivity (Wildman–Crippen MR) is 178 cm³/mol. The molecule has 23 nitrogen and oxygen atoms in total. The Hall–Kier alpha value is -6.75. The van der Waals surface area contributed by atoms with Gasteiger partial charge in [0, 0.05) is 30.8 Å². The van der Waals surface area contributed by atoms with Crippen molar-refractivity contribution in [3.05, 3.63) is 52.1 Å². The molecule has 23 heteroatoms. The SMILES string of the molecule is NC[C@H](NC(=O)[C@H](CC(=O)O)NC(=O)[C@@H](N)CNC(=O)CC[C@@H](NC(=O)c1ccc(NCc2cnc3nc(N)[nH]c(=O)c3n2)cc1)C(=O)O)C(=O)O. The van der Waals surface area contributed by atoms with Gasteiger partial charge >= 0.3 is 17.9 Å². The number of hydrogen-bond acceptors (Lipinski definition) is 15. The number of carbonyl (C=O) groups excluding carboxylic acids is 4. The molecule has 0 bridgehead atoms. The molecule has 4 amide bonds. The fourth-order valence-corrected chi connectivity index (χ4v) is 4.32. The highest BCUT2D eigenvalue weighted by Crippen LogP contribution is 2.12. The first-order chi connectivity index (χ1) is 24.6. The second-order valence-electron chi connectivity index (χ2n) is 11.0. The number of rotatable bonds is 19. The number of nitrogens with zero attached hydrogens (tertiary/aromatic N) is 3. The van der Waals surface area contributed by atoms with Crippen LogP contribution in [0.25, 0.3) is 11.2 Å². The van der Waals surface area contributed by atoms with E-state index in [9.17, 15) is 43.5 Å². The average molecular weight is 729 g/mol. The van der Waals surface area contributed by atoms with Gasteiger partial charge in [0.15, 0.2) is 11.2 Å². The van der Waals surface area contributed by atoms with Crippen LogP contribution in [0.4, 0.5) is 11.6 Å². The maximum atomic E-state index is 12.8. The second-order valence-corrected chi connectivity index (χ2v) is 11.0. The standard InChI is InChI=1S/C29H36N12O11/c30-8-18(28(51)52)39-25(47)17(7-20(43)44)38-24(46)15(31)11-34-19(42)6-5-16(27(49)50)37-23(45)12-1-3-13(4-2-12)33-9-14-10-35-22-21(36-14)26(48)41-29(32)40-22/h1-4,10,15-18,33H,5-9,11,30-31H2,(H,34,42)(H,37,45)(H,38,46)(H,39,47)(H,43,44)(H,49,50)(H,51,52)(H3,32,35,40,41,48)/t15-,16+,17-,18-/m0/s1. The lowest BCUT2D eigenvalue weighted by Crippen LogP contribution is -2.57. The zero-order valence-corrected chi connectivity index (χ0v) is 27.1. The van der Waals surface area contributed by atoms with Gasteiger partial charge in [0.05, 0.1) is 24.9 Å². The number of nitrogens with one attached hydrogen (secondary N) is 6. The average Bonchev–Trinajstić information content (AvgIpc) is 3.09. The number of nitrogens with two attached hydrogens (primary N) is 3. The molecule has 0 spiro atoms. The van der Waals surface area contributed by atoms with Crippen molar-refractivity contribution >= 4 is 64.3 Å². The van der Waals surface area contributed by atoms with Crippen LogP contribution in [0.3, 0.4) is 0 Å². The summed E-state index contributed by atoms with van der Waals surface area (Å²) in [4.78, 5) is 111. The molecular weight excluding hydrogens is 692 g/mol. The molecule has 2 aromatic heterocycles. The van der Waals surface area contributed by atoms with E-state index < -0.39 is 97.2 Å². The van der Waals surface area contributed by atoms with Crippen molar-refractivity contribution in [2.45, 2.75) is 50.0 Å². The quantitative estimate of drug-likeness (QED) is 0.0556. The van der Waals surface area contributed by atoms with E-state index in [4.69, 9.17) is 27.4 Å². The summed E-state index contributed by atoms with van der Waals surface area (Å²) in [6.45, 7) is -0.858. The number of hydrogen-bond donors (Lipinski definition) is 12. The minimum atomic E-state index is -1.72. The molecule has 0 radical (unpaired) electrons. The minimum absolute atomic E-state index is 0.00601. The zero-order chi connectivity index (χ0) is 38.5. The van der Waals surface area contributed by atoms with Crippen LogP contribution in [0.1, 0.15) is 35.3 Å². The number of H-pyrrole nitrogens is 1. The maximum absolute atomic E-state index is 12.8. The Bertz CT molecular complexity index is 1890. The molecule has 1 aromatic carbocycles. The van der Waals surface area contributed by atoms with E-state index >= 15 is 0 Å². The Morgan fingerprint density at radius 2 is 1.52 bits per heavy atom. The molecule has 0 aliphatic carbocycles. The third-order valence-corrected chi connectivity index (χ3v) is 7.09. The largest absolute Gasteiger partial charge is 0.481 e. The van der Waals surface area contributed by atoms with Crippen molar-refractivity contribution < 1.29 is 48.9 Å². The van der Waals surface area contributed by atoms with Crippen LogP contribution >= 0.6 is 0 Å². The lowest BCUT2D eigenvalue weighted by Gasteiger charge is -2.21. The van der Waals surface area contributed by atoms with Crippen molar-refractivity contribution in [1.82, 2.24) is 41.2 Å². The van der Waals surface area contributed by atoms with Crippen LogP contribution in [0.15, 0.2) is 35.3 Å². The van der Waals surface area contributed by atoms with E-state index in [1.165, 1.54) is 18.3 Å². The first kappa shape index (κ1) is 39.7. The van der Waals surface area contributed by atoms with E-state index in [-0.39, 0.29) is 35.6 Å². The second kappa shape index (κ2) is 18.3. The number of amides is 4. The number of fused-ring (bicyclic) bond motifs is 1. The number of carboxylic acids is 3. The monoisotopic (exact) mass is 728 g/mol.